The van der Waals surface area contributed by atoms with Crippen LogP contribution in [0.25, 0.3) is 0 Å². The van der Waals surface area contributed by atoms with Crippen LogP contribution in [0.1, 0.15) is 30.7 Å². The molecular formula is C18H22N2S. The zero-order valence-corrected chi connectivity index (χ0v) is 13.5. The van der Waals surface area contributed by atoms with Gasteiger partial charge < -0.3 is 10.6 Å². The van der Waals surface area contributed by atoms with Crippen LogP contribution in [-0.4, -0.2) is 5.54 Å². The summed E-state index contributed by atoms with van der Waals surface area (Å²) >= 11 is 1.77. The van der Waals surface area contributed by atoms with E-state index < -0.39 is 0 Å². The Morgan fingerprint density at radius 1 is 1.38 bits per heavy atom. The van der Waals surface area contributed by atoms with E-state index in [2.05, 4.69) is 66.8 Å². The summed E-state index contributed by atoms with van der Waals surface area (Å²) in [6, 6.07) is 10.8. The van der Waals surface area contributed by atoms with Gasteiger partial charge in [-0.3, -0.25) is 0 Å². The lowest BCUT2D eigenvalue weighted by atomic mass is 9.89. The maximum Gasteiger partial charge on any atom is 0.0402 e. The van der Waals surface area contributed by atoms with Crippen molar-refractivity contribution in [2.45, 2.75) is 38.6 Å². The SMILES string of the molecule is C=C(Cc1cccs1)Nc1ccc2c(c1)NC(C)(C)CC2. The third-order valence-electron chi connectivity index (χ3n) is 3.89. The zero-order valence-electron chi connectivity index (χ0n) is 12.7. The number of anilines is 2. The maximum absolute atomic E-state index is 4.14. The summed E-state index contributed by atoms with van der Waals surface area (Å²) in [4.78, 5) is 1.34. The molecule has 21 heavy (non-hydrogen) atoms. The fourth-order valence-electron chi connectivity index (χ4n) is 2.73. The summed E-state index contributed by atoms with van der Waals surface area (Å²) in [5.41, 5.74) is 4.98. The normalized spacial score (nSPS) is 15.9. The minimum atomic E-state index is 0.180. The Balaban J connectivity index is 1.70. The molecule has 0 saturated carbocycles. The number of thiophene rings is 1. The van der Waals surface area contributed by atoms with Gasteiger partial charge in [-0.05, 0) is 55.8 Å². The van der Waals surface area contributed by atoms with E-state index in [1.807, 2.05) is 0 Å². The molecule has 1 aliphatic rings. The first-order valence-electron chi connectivity index (χ1n) is 7.40. The van der Waals surface area contributed by atoms with Crippen LogP contribution >= 0.6 is 11.3 Å². The lowest BCUT2D eigenvalue weighted by Crippen LogP contribution is -2.35. The second kappa shape index (κ2) is 5.57. The van der Waals surface area contributed by atoms with Gasteiger partial charge in [0.15, 0.2) is 0 Å². The molecule has 1 aromatic heterocycles. The third-order valence-corrected chi connectivity index (χ3v) is 4.77. The molecule has 2 heterocycles. The minimum Gasteiger partial charge on any atom is -0.380 e. The van der Waals surface area contributed by atoms with Crippen molar-refractivity contribution in [3.63, 3.8) is 0 Å². The van der Waals surface area contributed by atoms with Gasteiger partial charge in [-0.15, -0.1) is 11.3 Å². The quantitative estimate of drug-likeness (QED) is 0.825. The molecule has 0 saturated heterocycles. The highest BCUT2D eigenvalue weighted by Crippen LogP contribution is 2.32. The van der Waals surface area contributed by atoms with Crippen LogP contribution in [0, 0.1) is 0 Å². The molecule has 2 nitrogen and oxygen atoms in total. The highest BCUT2D eigenvalue weighted by atomic mass is 32.1. The van der Waals surface area contributed by atoms with Crippen LogP contribution < -0.4 is 10.6 Å². The van der Waals surface area contributed by atoms with Crippen molar-refractivity contribution in [3.8, 4) is 0 Å². The molecule has 1 aromatic carbocycles. The average Bonchev–Trinajstić information content (AvgIpc) is 2.89. The Hall–Kier alpha value is -1.74. The van der Waals surface area contributed by atoms with E-state index >= 15 is 0 Å². The Kier molecular flexibility index (Phi) is 3.77. The second-order valence-corrected chi connectivity index (χ2v) is 7.40. The van der Waals surface area contributed by atoms with E-state index in [4.69, 9.17) is 0 Å². The van der Waals surface area contributed by atoms with E-state index in [-0.39, 0.29) is 5.54 Å². The molecule has 3 heteroatoms. The van der Waals surface area contributed by atoms with Gasteiger partial charge in [-0.1, -0.05) is 18.7 Å². The molecular weight excluding hydrogens is 276 g/mol. The van der Waals surface area contributed by atoms with Crippen LogP contribution in [-0.2, 0) is 12.8 Å². The van der Waals surface area contributed by atoms with E-state index in [9.17, 15) is 0 Å². The van der Waals surface area contributed by atoms with E-state index in [0.717, 1.165) is 24.2 Å². The van der Waals surface area contributed by atoms with Crippen LogP contribution in [0.5, 0.6) is 0 Å². The average molecular weight is 298 g/mol. The number of allylic oxidation sites excluding steroid dienone is 1. The van der Waals surface area contributed by atoms with Crippen LogP contribution in [0.15, 0.2) is 48.0 Å². The number of benzene rings is 1. The first-order valence-corrected chi connectivity index (χ1v) is 8.28. The molecule has 3 rings (SSSR count). The van der Waals surface area contributed by atoms with Crippen molar-refractivity contribution >= 4 is 22.7 Å². The van der Waals surface area contributed by atoms with Crippen molar-refractivity contribution in [2.75, 3.05) is 10.6 Å². The highest BCUT2D eigenvalue weighted by molar-refractivity contribution is 7.09. The molecule has 0 aliphatic carbocycles. The van der Waals surface area contributed by atoms with Crippen molar-refractivity contribution in [3.05, 3.63) is 58.4 Å². The molecule has 0 unspecified atom stereocenters. The van der Waals surface area contributed by atoms with Crippen molar-refractivity contribution < 1.29 is 0 Å². The molecule has 1 aliphatic heterocycles. The van der Waals surface area contributed by atoms with Crippen LogP contribution in [0.3, 0.4) is 0 Å². The maximum atomic E-state index is 4.14. The van der Waals surface area contributed by atoms with E-state index in [1.165, 1.54) is 22.5 Å². The molecule has 110 valence electrons. The summed E-state index contributed by atoms with van der Waals surface area (Å²) in [5, 5.41) is 9.16. The van der Waals surface area contributed by atoms with Crippen LogP contribution in [0.4, 0.5) is 11.4 Å². The molecule has 0 atom stereocenters. The lowest BCUT2D eigenvalue weighted by molar-refractivity contribution is 0.502. The summed E-state index contributed by atoms with van der Waals surface area (Å²) in [6.45, 7) is 8.65. The monoisotopic (exact) mass is 298 g/mol. The molecule has 2 N–H and O–H groups in total. The van der Waals surface area contributed by atoms with Gasteiger partial charge >= 0.3 is 0 Å². The Labute approximate surface area is 130 Å². The first-order chi connectivity index (χ1) is 10.0. The number of nitrogens with one attached hydrogen (secondary N) is 2. The minimum absolute atomic E-state index is 0.180. The van der Waals surface area contributed by atoms with Gasteiger partial charge in [0.25, 0.3) is 0 Å². The number of hydrogen-bond acceptors (Lipinski definition) is 3. The molecule has 0 amide bonds. The fraction of sp³-hybridized carbons (Fsp3) is 0.333. The second-order valence-electron chi connectivity index (χ2n) is 6.37. The van der Waals surface area contributed by atoms with Gasteiger partial charge in [-0.25, -0.2) is 0 Å². The molecule has 0 fully saturated rings. The largest absolute Gasteiger partial charge is 0.380 e. The van der Waals surface area contributed by atoms with Crippen molar-refractivity contribution in [1.29, 1.82) is 0 Å². The smallest absolute Gasteiger partial charge is 0.0402 e. The zero-order chi connectivity index (χ0) is 14.9. The summed E-state index contributed by atoms with van der Waals surface area (Å²) in [5.74, 6) is 0. The van der Waals surface area contributed by atoms with Crippen molar-refractivity contribution in [1.82, 2.24) is 0 Å². The molecule has 0 bridgehead atoms. The third kappa shape index (κ3) is 3.48. The van der Waals surface area contributed by atoms with Gasteiger partial charge in [0.1, 0.15) is 0 Å². The Morgan fingerprint density at radius 2 is 2.24 bits per heavy atom. The Bertz CT molecular complexity index is 641. The number of aryl methyl sites for hydroxylation is 1. The summed E-state index contributed by atoms with van der Waals surface area (Å²) in [7, 11) is 0. The molecule has 0 radical (unpaired) electrons. The van der Waals surface area contributed by atoms with Gasteiger partial charge in [0.2, 0.25) is 0 Å². The number of rotatable bonds is 4. The topological polar surface area (TPSA) is 24.1 Å². The molecule has 2 aromatic rings. The van der Waals surface area contributed by atoms with Crippen molar-refractivity contribution in [2.24, 2.45) is 0 Å². The van der Waals surface area contributed by atoms with Gasteiger partial charge in [0.05, 0.1) is 0 Å². The van der Waals surface area contributed by atoms with Gasteiger partial charge in [-0.2, -0.15) is 0 Å². The summed E-state index contributed by atoms with van der Waals surface area (Å²) in [6.07, 6.45) is 3.21. The highest BCUT2D eigenvalue weighted by Gasteiger charge is 2.23. The predicted octanol–water partition coefficient (Wildman–Crippen LogP) is 5.05. The lowest BCUT2D eigenvalue weighted by Gasteiger charge is -2.34. The standard InChI is InChI=1S/C18H22N2S/c1-13(11-16-5-4-10-21-16)19-15-7-6-14-8-9-18(2,3)20-17(14)12-15/h4-7,10,12,19-20H,1,8-9,11H2,2-3H3. The first kappa shape index (κ1) is 14.2. The Morgan fingerprint density at radius 3 is 3.00 bits per heavy atom. The molecule has 0 spiro atoms. The number of hydrogen-bond donors (Lipinski definition) is 2. The van der Waals surface area contributed by atoms with Gasteiger partial charge in [0, 0.05) is 33.9 Å². The predicted molar refractivity (Wildman–Crippen MR) is 93.3 cm³/mol. The van der Waals surface area contributed by atoms with Crippen LogP contribution in [0.2, 0.25) is 0 Å². The number of fused-ring (bicyclic) bond motifs is 1. The fourth-order valence-corrected chi connectivity index (χ4v) is 3.48. The van der Waals surface area contributed by atoms with E-state index in [1.54, 1.807) is 11.3 Å². The van der Waals surface area contributed by atoms with E-state index in [0.29, 0.717) is 0 Å². The summed E-state index contributed by atoms with van der Waals surface area (Å²) < 4.78 is 0.